The fraction of sp³-hybridized carbons (Fsp3) is 0.423. The molecule has 0 aromatic heterocycles. The molecule has 1 aliphatic heterocycles. The first-order chi connectivity index (χ1) is 16.4. The Bertz CT molecular complexity index is 1170. The van der Waals surface area contributed by atoms with Crippen LogP contribution < -0.4 is 19.7 Å². The van der Waals surface area contributed by atoms with Crippen molar-refractivity contribution in [1.82, 2.24) is 10.2 Å². The molecule has 0 fully saturated rings. The number of alkyl halides is 1. The Labute approximate surface area is 205 Å². The number of methoxy groups -OCH3 is 1. The van der Waals surface area contributed by atoms with Crippen LogP contribution >= 0.6 is 0 Å². The Morgan fingerprint density at radius 2 is 1.91 bits per heavy atom. The van der Waals surface area contributed by atoms with Crippen molar-refractivity contribution in [3.8, 4) is 11.5 Å². The molecule has 2 N–H and O–H groups in total. The van der Waals surface area contributed by atoms with Gasteiger partial charge in [-0.25, -0.2) is 4.39 Å². The highest BCUT2D eigenvalue weighted by molar-refractivity contribution is 6.08. The Morgan fingerprint density at radius 3 is 2.46 bits per heavy atom. The van der Waals surface area contributed by atoms with Crippen LogP contribution in [0.4, 0.5) is 10.1 Å². The van der Waals surface area contributed by atoms with Crippen LogP contribution in [0, 0.1) is 5.41 Å². The summed E-state index contributed by atoms with van der Waals surface area (Å²) < 4.78 is 26.2. The molecule has 188 valence electrons. The summed E-state index contributed by atoms with van der Waals surface area (Å²) in [6.07, 6.45) is 0. The van der Waals surface area contributed by atoms with Crippen LogP contribution in [-0.4, -0.2) is 63.8 Å². The number of ketones is 1. The highest BCUT2D eigenvalue weighted by Gasteiger charge is 2.31. The van der Waals surface area contributed by atoms with Crippen molar-refractivity contribution in [2.45, 2.75) is 33.0 Å². The second-order valence-electron chi connectivity index (χ2n) is 9.09. The molecule has 1 amide bonds. The number of halogens is 1. The number of amidine groups is 1. The molecule has 0 radical (unpaired) electrons. The van der Waals surface area contributed by atoms with Crippen LogP contribution in [0.15, 0.2) is 24.3 Å². The van der Waals surface area contributed by atoms with Gasteiger partial charge in [-0.05, 0) is 50.6 Å². The van der Waals surface area contributed by atoms with Crippen molar-refractivity contribution in [3.05, 3.63) is 52.1 Å². The summed E-state index contributed by atoms with van der Waals surface area (Å²) in [4.78, 5) is 29.1. The first-order valence-corrected chi connectivity index (χ1v) is 11.4. The summed E-state index contributed by atoms with van der Waals surface area (Å²) >= 11 is 0. The first-order valence-electron chi connectivity index (χ1n) is 11.4. The number of nitrogens with zero attached hydrogens (tertiary/aromatic N) is 2. The van der Waals surface area contributed by atoms with E-state index in [2.05, 4.69) is 5.32 Å². The quantitative estimate of drug-likeness (QED) is 0.527. The van der Waals surface area contributed by atoms with Gasteiger partial charge in [-0.15, -0.1) is 0 Å². The molecular weight excluding hydrogens is 451 g/mol. The second-order valence-corrected chi connectivity index (χ2v) is 9.09. The molecule has 2 aromatic rings. The molecule has 0 aliphatic carbocycles. The molecule has 0 saturated heterocycles. The lowest BCUT2D eigenvalue weighted by Gasteiger charge is -2.25. The number of carbonyl (C=O) groups excluding carboxylic acids is 2. The average molecular weight is 485 g/mol. The SMILES string of the molecule is CCOc1cc2c(cc1C(=O)NC)C(=N)N(CC(=O)c1cc(N(C)C)c(OC)c(C(C)(C)F)c1)C2. The van der Waals surface area contributed by atoms with Crippen molar-refractivity contribution < 1.29 is 23.5 Å². The highest BCUT2D eigenvalue weighted by Crippen LogP contribution is 2.40. The van der Waals surface area contributed by atoms with Gasteiger partial charge < -0.3 is 24.6 Å². The summed E-state index contributed by atoms with van der Waals surface area (Å²) in [5, 5.41) is 11.2. The van der Waals surface area contributed by atoms with Crippen molar-refractivity contribution in [2.75, 3.05) is 46.3 Å². The number of amides is 1. The third-order valence-corrected chi connectivity index (χ3v) is 5.96. The average Bonchev–Trinajstić information content (AvgIpc) is 3.10. The van der Waals surface area contributed by atoms with Gasteiger partial charge in [0, 0.05) is 44.4 Å². The third-order valence-electron chi connectivity index (χ3n) is 5.96. The standard InChI is InChI=1S/C26H33FN4O4/c1-8-35-22-11-16-13-31(24(28)17(16)12-18(22)25(33)29-4)14-21(32)15-9-19(26(2,3)27)23(34-7)20(10-15)30(5)6/h9-12,28H,8,13-14H2,1-7H3,(H,29,33). The highest BCUT2D eigenvalue weighted by atomic mass is 19.1. The maximum absolute atomic E-state index is 15.0. The summed E-state index contributed by atoms with van der Waals surface area (Å²) in [6.45, 7) is 5.32. The topological polar surface area (TPSA) is 95.0 Å². The van der Waals surface area contributed by atoms with E-state index >= 15 is 4.39 Å². The minimum absolute atomic E-state index is 0.0713. The Hall–Kier alpha value is -3.62. The van der Waals surface area contributed by atoms with Gasteiger partial charge in [-0.1, -0.05) is 0 Å². The van der Waals surface area contributed by atoms with Crippen LogP contribution in [0.25, 0.3) is 0 Å². The van der Waals surface area contributed by atoms with Crippen LogP contribution in [0.1, 0.15) is 58.2 Å². The molecular formula is C26H33FN4O4. The number of benzene rings is 2. The lowest BCUT2D eigenvalue weighted by atomic mass is 9.94. The van der Waals surface area contributed by atoms with Gasteiger partial charge in [-0.2, -0.15) is 0 Å². The normalized spacial score (nSPS) is 12.9. The number of anilines is 1. The zero-order valence-corrected chi connectivity index (χ0v) is 21.3. The number of rotatable bonds is 9. The summed E-state index contributed by atoms with van der Waals surface area (Å²) in [6, 6.07) is 6.59. The fourth-order valence-electron chi connectivity index (χ4n) is 4.18. The molecule has 0 saturated carbocycles. The molecule has 0 unspecified atom stereocenters. The second kappa shape index (κ2) is 9.93. The molecule has 0 bridgehead atoms. The van der Waals surface area contributed by atoms with Gasteiger partial charge in [0.25, 0.3) is 5.91 Å². The van der Waals surface area contributed by atoms with Gasteiger partial charge in [-0.3, -0.25) is 15.0 Å². The molecule has 1 heterocycles. The maximum Gasteiger partial charge on any atom is 0.254 e. The zero-order chi connectivity index (χ0) is 26.1. The lowest BCUT2D eigenvalue weighted by molar-refractivity contribution is 0.0952. The van der Waals surface area contributed by atoms with E-state index in [1.165, 1.54) is 34.1 Å². The Morgan fingerprint density at radius 1 is 1.23 bits per heavy atom. The smallest absolute Gasteiger partial charge is 0.254 e. The first kappa shape index (κ1) is 26.0. The van der Waals surface area contributed by atoms with Gasteiger partial charge in [0.15, 0.2) is 5.78 Å². The van der Waals surface area contributed by atoms with Crippen molar-refractivity contribution >= 4 is 23.2 Å². The van der Waals surface area contributed by atoms with E-state index in [0.29, 0.717) is 47.0 Å². The monoisotopic (exact) mass is 484 g/mol. The molecule has 8 nitrogen and oxygen atoms in total. The third kappa shape index (κ3) is 5.08. The van der Waals surface area contributed by atoms with E-state index < -0.39 is 5.67 Å². The molecule has 1 aliphatic rings. The molecule has 2 aromatic carbocycles. The van der Waals surface area contributed by atoms with Crippen molar-refractivity contribution in [3.63, 3.8) is 0 Å². The number of hydrogen-bond acceptors (Lipinski definition) is 6. The number of hydrogen-bond donors (Lipinski definition) is 2. The zero-order valence-electron chi connectivity index (χ0n) is 21.3. The van der Waals surface area contributed by atoms with Gasteiger partial charge in [0.2, 0.25) is 0 Å². The predicted octanol–water partition coefficient (Wildman–Crippen LogP) is 3.75. The summed E-state index contributed by atoms with van der Waals surface area (Å²) in [5.41, 5.74) is 1.20. The van der Waals surface area contributed by atoms with Crippen LogP contribution in [0.2, 0.25) is 0 Å². The van der Waals surface area contributed by atoms with Crippen molar-refractivity contribution in [2.24, 2.45) is 0 Å². The van der Waals surface area contributed by atoms with Crippen LogP contribution in [-0.2, 0) is 12.2 Å². The van der Waals surface area contributed by atoms with Crippen LogP contribution in [0.5, 0.6) is 11.5 Å². The number of Topliss-reactive ketones (excluding diaryl/α,β-unsaturated/α-hetero) is 1. The summed E-state index contributed by atoms with van der Waals surface area (Å²) in [5.74, 6) is 0.399. The number of nitrogens with one attached hydrogen (secondary N) is 2. The van der Waals surface area contributed by atoms with Gasteiger partial charge >= 0.3 is 0 Å². The van der Waals surface area contributed by atoms with Gasteiger partial charge in [0.1, 0.15) is 23.0 Å². The number of carbonyl (C=O) groups is 2. The predicted molar refractivity (Wildman–Crippen MR) is 134 cm³/mol. The van der Waals surface area contributed by atoms with E-state index in [0.717, 1.165) is 5.56 Å². The maximum atomic E-state index is 15.0. The minimum Gasteiger partial charge on any atom is -0.494 e. The molecule has 35 heavy (non-hydrogen) atoms. The van der Waals surface area contributed by atoms with E-state index in [9.17, 15) is 9.59 Å². The van der Waals surface area contributed by atoms with Crippen LogP contribution in [0.3, 0.4) is 0 Å². The number of fused-ring (bicyclic) bond motifs is 1. The molecule has 9 heteroatoms. The van der Waals surface area contributed by atoms with E-state index in [1.54, 1.807) is 42.1 Å². The van der Waals surface area contributed by atoms with Gasteiger partial charge in [0.05, 0.1) is 31.5 Å². The van der Waals surface area contributed by atoms with Crippen molar-refractivity contribution in [1.29, 1.82) is 5.41 Å². The summed E-state index contributed by atoms with van der Waals surface area (Å²) in [7, 11) is 6.61. The number of ether oxygens (including phenoxy) is 2. The largest absolute Gasteiger partial charge is 0.494 e. The molecule has 3 rings (SSSR count). The van der Waals surface area contributed by atoms with E-state index in [-0.39, 0.29) is 29.6 Å². The lowest BCUT2D eigenvalue weighted by Crippen LogP contribution is -2.30. The Kier molecular flexibility index (Phi) is 7.38. The fourth-order valence-corrected chi connectivity index (χ4v) is 4.18. The molecule has 0 atom stereocenters. The van der Waals surface area contributed by atoms with E-state index in [4.69, 9.17) is 14.9 Å². The van der Waals surface area contributed by atoms with E-state index in [1.807, 2.05) is 6.92 Å². The minimum atomic E-state index is -1.73. The Balaban J connectivity index is 1.95. The molecule has 0 spiro atoms.